The first-order valence-electron chi connectivity index (χ1n) is 6.52. The Morgan fingerprint density at radius 2 is 2.05 bits per heavy atom. The van der Waals surface area contributed by atoms with Gasteiger partial charge in [0.05, 0.1) is 19.1 Å². The first-order chi connectivity index (χ1) is 10.3. The smallest absolute Gasteiger partial charge is 0.317 e. The van der Waals surface area contributed by atoms with E-state index >= 15 is 0 Å². The van der Waals surface area contributed by atoms with Crippen molar-refractivity contribution in [2.24, 2.45) is 0 Å². The van der Waals surface area contributed by atoms with Crippen molar-refractivity contribution >= 4 is 12.0 Å². The van der Waals surface area contributed by atoms with Crippen molar-refractivity contribution in [2.75, 3.05) is 27.3 Å². The van der Waals surface area contributed by atoms with Crippen molar-refractivity contribution in [3.8, 4) is 0 Å². The summed E-state index contributed by atoms with van der Waals surface area (Å²) < 4.78 is 31.2. The Hall–Kier alpha value is -2.22. The molecule has 6 nitrogen and oxygen atoms in total. The van der Waals surface area contributed by atoms with Gasteiger partial charge in [0.15, 0.2) is 11.6 Å². The molecule has 0 fully saturated rings. The maximum absolute atomic E-state index is 13.3. The third-order valence-electron chi connectivity index (χ3n) is 2.98. The minimum atomic E-state index is -1.02. The Kier molecular flexibility index (Phi) is 6.71. The van der Waals surface area contributed by atoms with Gasteiger partial charge in [0.25, 0.3) is 0 Å². The number of hydrogen-bond donors (Lipinski definition) is 2. The molecule has 22 heavy (non-hydrogen) atoms. The van der Waals surface area contributed by atoms with E-state index in [2.05, 4.69) is 5.32 Å². The quantitative estimate of drug-likeness (QED) is 0.803. The highest BCUT2D eigenvalue weighted by atomic mass is 19.2. The second-order valence-electron chi connectivity index (χ2n) is 4.70. The van der Waals surface area contributed by atoms with Crippen LogP contribution in [0.2, 0.25) is 0 Å². The lowest BCUT2D eigenvalue weighted by Gasteiger charge is -2.23. The number of aliphatic carboxylic acids is 1. The molecule has 0 aromatic heterocycles. The number of urea groups is 1. The van der Waals surface area contributed by atoms with Gasteiger partial charge in [0.1, 0.15) is 0 Å². The summed E-state index contributed by atoms with van der Waals surface area (Å²) in [5.41, 5.74) is 0.348. The zero-order valence-corrected chi connectivity index (χ0v) is 12.3. The third kappa shape index (κ3) is 5.28. The van der Waals surface area contributed by atoms with Gasteiger partial charge in [-0.2, -0.15) is 0 Å². The molecule has 2 amide bonds. The second kappa shape index (κ2) is 8.28. The zero-order valence-electron chi connectivity index (χ0n) is 12.3. The topological polar surface area (TPSA) is 78.9 Å². The standard InChI is InChI=1S/C14H18F2N2O4/c1-18(6-5-13(19)20)14(21)17-12(8-22-2)9-3-4-10(15)11(16)7-9/h3-4,7,12H,5-6,8H2,1-2H3,(H,17,21)(H,19,20). The van der Waals surface area contributed by atoms with Gasteiger partial charge in [-0.25, -0.2) is 13.6 Å². The fraction of sp³-hybridized carbons (Fsp3) is 0.429. The number of carbonyl (C=O) groups excluding carboxylic acids is 1. The molecule has 0 saturated heterocycles. The van der Waals surface area contributed by atoms with Crippen molar-refractivity contribution < 1.29 is 28.2 Å². The van der Waals surface area contributed by atoms with Gasteiger partial charge in [-0.3, -0.25) is 4.79 Å². The zero-order chi connectivity index (χ0) is 16.7. The maximum Gasteiger partial charge on any atom is 0.317 e. The van der Waals surface area contributed by atoms with Crippen LogP contribution in [0.5, 0.6) is 0 Å². The lowest BCUT2D eigenvalue weighted by molar-refractivity contribution is -0.137. The second-order valence-corrected chi connectivity index (χ2v) is 4.70. The van der Waals surface area contributed by atoms with E-state index < -0.39 is 29.7 Å². The van der Waals surface area contributed by atoms with Crippen molar-refractivity contribution in [1.82, 2.24) is 10.2 Å². The van der Waals surface area contributed by atoms with E-state index in [1.165, 1.54) is 25.1 Å². The van der Waals surface area contributed by atoms with Gasteiger partial charge in [-0.05, 0) is 17.7 Å². The number of halogens is 2. The first kappa shape index (κ1) is 17.8. The summed E-state index contributed by atoms with van der Waals surface area (Å²) in [6.45, 7) is 0.0855. The molecule has 1 aromatic carbocycles. The number of carboxylic acids is 1. The molecule has 0 spiro atoms. The van der Waals surface area contributed by atoms with E-state index in [4.69, 9.17) is 9.84 Å². The van der Waals surface area contributed by atoms with Gasteiger partial charge in [0.2, 0.25) is 0 Å². The number of methoxy groups -OCH3 is 1. The Balaban J connectivity index is 2.76. The minimum Gasteiger partial charge on any atom is -0.481 e. The Morgan fingerprint density at radius 1 is 1.36 bits per heavy atom. The summed E-state index contributed by atoms with van der Waals surface area (Å²) in [7, 11) is 2.85. The van der Waals surface area contributed by atoms with E-state index in [0.717, 1.165) is 12.1 Å². The number of nitrogens with one attached hydrogen (secondary N) is 1. The molecule has 0 bridgehead atoms. The number of nitrogens with zero attached hydrogens (tertiary/aromatic N) is 1. The molecule has 0 aliphatic heterocycles. The Labute approximate surface area is 126 Å². The maximum atomic E-state index is 13.3. The average Bonchev–Trinajstić information content (AvgIpc) is 2.47. The van der Waals surface area contributed by atoms with Crippen LogP contribution in [0.3, 0.4) is 0 Å². The van der Waals surface area contributed by atoms with Crippen LogP contribution in [0.1, 0.15) is 18.0 Å². The summed E-state index contributed by atoms with van der Waals surface area (Å²) in [6.07, 6.45) is -0.190. The van der Waals surface area contributed by atoms with E-state index in [1.54, 1.807) is 0 Å². The van der Waals surface area contributed by atoms with E-state index in [1.807, 2.05) is 0 Å². The number of rotatable bonds is 7. The fourth-order valence-electron chi connectivity index (χ4n) is 1.74. The van der Waals surface area contributed by atoms with Crippen LogP contribution in [-0.4, -0.2) is 49.3 Å². The molecule has 1 unspecified atom stereocenters. The molecule has 0 aliphatic rings. The van der Waals surface area contributed by atoms with Crippen molar-refractivity contribution in [3.63, 3.8) is 0 Å². The lowest BCUT2D eigenvalue weighted by Crippen LogP contribution is -2.41. The molecule has 8 heteroatoms. The van der Waals surface area contributed by atoms with Crippen molar-refractivity contribution in [3.05, 3.63) is 35.4 Å². The molecule has 0 aliphatic carbocycles. The summed E-state index contributed by atoms with van der Waals surface area (Å²) in [5.74, 6) is -3.02. The predicted molar refractivity (Wildman–Crippen MR) is 74.4 cm³/mol. The summed E-state index contributed by atoms with van der Waals surface area (Å²) >= 11 is 0. The highest BCUT2D eigenvalue weighted by Crippen LogP contribution is 2.17. The van der Waals surface area contributed by atoms with Gasteiger partial charge >= 0.3 is 12.0 Å². The van der Waals surface area contributed by atoms with Gasteiger partial charge < -0.3 is 20.1 Å². The summed E-state index contributed by atoms with van der Waals surface area (Å²) in [6, 6.07) is 2.08. The largest absolute Gasteiger partial charge is 0.481 e. The van der Waals surface area contributed by atoms with Crippen molar-refractivity contribution in [1.29, 1.82) is 0 Å². The Bertz CT molecular complexity index is 540. The van der Waals surface area contributed by atoms with Crippen molar-refractivity contribution in [2.45, 2.75) is 12.5 Å². The SMILES string of the molecule is COCC(NC(=O)N(C)CCC(=O)O)c1ccc(F)c(F)c1. The first-order valence-corrected chi connectivity index (χ1v) is 6.52. The molecular weight excluding hydrogens is 298 g/mol. The van der Waals surface area contributed by atoms with Gasteiger partial charge in [-0.1, -0.05) is 6.07 Å². The third-order valence-corrected chi connectivity index (χ3v) is 2.98. The van der Waals surface area contributed by atoms with Crippen LogP contribution >= 0.6 is 0 Å². The lowest BCUT2D eigenvalue weighted by atomic mass is 10.1. The molecule has 122 valence electrons. The number of carbonyl (C=O) groups is 2. The number of carboxylic acid groups (broad SMARTS) is 1. The molecular formula is C14H18F2N2O4. The van der Waals surface area contributed by atoms with E-state index in [9.17, 15) is 18.4 Å². The van der Waals surface area contributed by atoms with E-state index in [-0.39, 0.29) is 19.6 Å². The highest BCUT2D eigenvalue weighted by Gasteiger charge is 2.19. The van der Waals surface area contributed by atoms with Crippen LogP contribution in [0.15, 0.2) is 18.2 Å². The molecule has 1 aromatic rings. The summed E-state index contributed by atoms with van der Waals surface area (Å²) in [5, 5.41) is 11.2. The number of ether oxygens (including phenoxy) is 1. The molecule has 1 rings (SSSR count). The highest BCUT2D eigenvalue weighted by molar-refractivity contribution is 5.75. The van der Waals surface area contributed by atoms with E-state index in [0.29, 0.717) is 5.56 Å². The fourth-order valence-corrected chi connectivity index (χ4v) is 1.74. The number of hydrogen-bond acceptors (Lipinski definition) is 3. The number of benzene rings is 1. The molecule has 2 N–H and O–H groups in total. The molecule has 0 radical (unpaired) electrons. The van der Waals surface area contributed by atoms with Crippen LogP contribution in [0.4, 0.5) is 13.6 Å². The Morgan fingerprint density at radius 3 is 2.59 bits per heavy atom. The molecule has 1 atom stereocenters. The minimum absolute atomic E-state index is 0.0264. The van der Waals surface area contributed by atoms with Crippen LogP contribution in [0.25, 0.3) is 0 Å². The normalized spacial score (nSPS) is 11.8. The molecule has 0 heterocycles. The average molecular weight is 316 g/mol. The monoisotopic (exact) mass is 316 g/mol. The van der Waals surface area contributed by atoms with Crippen LogP contribution in [0, 0.1) is 11.6 Å². The van der Waals surface area contributed by atoms with Crippen LogP contribution in [-0.2, 0) is 9.53 Å². The van der Waals surface area contributed by atoms with Gasteiger partial charge in [0, 0.05) is 20.7 Å². The molecule has 0 saturated carbocycles. The number of amides is 2. The van der Waals surface area contributed by atoms with Gasteiger partial charge in [-0.15, -0.1) is 0 Å². The predicted octanol–water partition coefficient (Wildman–Crippen LogP) is 1.77. The summed E-state index contributed by atoms with van der Waals surface area (Å²) in [4.78, 5) is 23.6. The van der Waals surface area contributed by atoms with Crippen LogP contribution < -0.4 is 5.32 Å².